The van der Waals surface area contributed by atoms with E-state index in [-0.39, 0.29) is 6.04 Å². The fraction of sp³-hybridized carbons (Fsp3) is 0.333. The minimum absolute atomic E-state index is 0.171. The van der Waals surface area contributed by atoms with E-state index in [1.165, 1.54) is 16.7 Å². The monoisotopic (exact) mass is 283 g/mol. The molecule has 0 saturated heterocycles. The summed E-state index contributed by atoms with van der Waals surface area (Å²) in [5, 5.41) is 0. The van der Waals surface area contributed by atoms with Crippen LogP contribution in [0.5, 0.6) is 11.5 Å². The molecular formula is C18H21NO2. The lowest BCUT2D eigenvalue weighted by Crippen LogP contribution is -2.06. The van der Waals surface area contributed by atoms with E-state index in [9.17, 15) is 0 Å². The highest BCUT2D eigenvalue weighted by Crippen LogP contribution is 2.35. The molecule has 3 nitrogen and oxygen atoms in total. The van der Waals surface area contributed by atoms with Crippen molar-refractivity contribution in [1.82, 2.24) is 0 Å². The number of nitrogens with two attached hydrogens (primary N) is 1. The van der Waals surface area contributed by atoms with Gasteiger partial charge in [0.25, 0.3) is 0 Å². The van der Waals surface area contributed by atoms with Crippen LogP contribution in [0.25, 0.3) is 0 Å². The predicted octanol–water partition coefficient (Wildman–Crippen LogP) is 3.26. The van der Waals surface area contributed by atoms with E-state index in [0.717, 1.165) is 30.8 Å². The highest BCUT2D eigenvalue weighted by atomic mass is 16.5. The van der Waals surface area contributed by atoms with Crippen molar-refractivity contribution in [2.75, 3.05) is 13.7 Å². The molecule has 0 amide bonds. The number of benzene rings is 2. The second-order valence-corrected chi connectivity index (χ2v) is 5.42. The van der Waals surface area contributed by atoms with Crippen molar-refractivity contribution in [3.05, 3.63) is 59.2 Å². The summed E-state index contributed by atoms with van der Waals surface area (Å²) in [6.07, 6.45) is 2.93. The molecule has 0 saturated carbocycles. The van der Waals surface area contributed by atoms with Crippen molar-refractivity contribution < 1.29 is 9.47 Å². The Morgan fingerprint density at radius 2 is 1.95 bits per heavy atom. The van der Waals surface area contributed by atoms with Gasteiger partial charge >= 0.3 is 0 Å². The van der Waals surface area contributed by atoms with Crippen LogP contribution in [-0.2, 0) is 12.8 Å². The van der Waals surface area contributed by atoms with E-state index in [0.29, 0.717) is 6.61 Å². The molecule has 3 heteroatoms. The molecule has 110 valence electrons. The zero-order valence-electron chi connectivity index (χ0n) is 12.3. The fourth-order valence-corrected chi connectivity index (χ4v) is 2.86. The van der Waals surface area contributed by atoms with Gasteiger partial charge in [0.05, 0.1) is 13.7 Å². The molecule has 2 N–H and O–H groups in total. The van der Waals surface area contributed by atoms with Crippen LogP contribution >= 0.6 is 0 Å². The van der Waals surface area contributed by atoms with Crippen molar-refractivity contribution in [1.29, 1.82) is 0 Å². The fourth-order valence-electron chi connectivity index (χ4n) is 2.86. The van der Waals surface area contributed by atoms with Crippen molar-refractivity contribution >= 4 is 0 Å². The first-order chi connectivity index (χ1) is 10.3. The summed E-state index contributed by atoms with van der Waals surface area (Å²) in [7, 11) is 1.68. The van der Waals surface area contributed by atoms with Crippen molar-refractivity contribution in [2.45, 2.75) is 25.3 Å². The minimum Gasteiger partial charge on any atom is -0.497 e. The maximum absolute atomic E-state index is 6.09. The Morgan fingerprint density at radius 3 is 2.71 bits per heavy atom. The lowest BCUT2D eigenvalue weighted by molar-refractivity contribution is 0.319. The van der Waals surface area contributed by atoms with Gasteiger partial charge in [0, 0.05) is 12.5 Å². The molecule has 21 heavy (non-hydrogen) atoms. The number of hydrogen-bond donors (Lipinski definition) is 1. The Bertz CT molecular complexity index is 607. The second kappa shape index (κ2) is 6.19. The Labute approximate surface area is 125 Å². The number of methoxy groups -OCH3 is 1. The van der Waals surface area contributed by atoms with E-state index in [4.69, 9.17) is 15.2 Å². The molecule has 0 fully saturated rings. The number of fused-ring (bicyclic) bond motifs is 1. The molecular weight excluding hydrogens is 262 g/mol. The normalized spacial score (nSPS) is 16.6. The molecule has 0 radical (unpaired) electrons. The van der Waals surface area contributed by atoms with E-state index in [1.54, 1.807) is 7.11 Å². The Kier molecular flexibility index (Phi) is 4.11. The van der Waals surface area contributed by atoms with Gasteiger partial charge in [-0.05, 0) is 47.7 Å². The van der Waals surface area contributed by atoms with Crippen LogP contribution in [0.2, 0.25) is 0 Å². The predicted molar refractivity (Wildman–Crippen MR) is 83.9 cm³/mol. The summed E-state index contributed by atoms with van der Waals surface area (Å²) in [5.74, 6) is 1.88. The summed E-state index contributed by atoms with van der Waals surface area (Å²) in [6.45, 7) is 0.679. The molecule has 1 aliphatic carbocycles. The molecule has 1 atom stereocenters. The first-order valence-corrected chi connectivity index (χ1v) is 7.41. The van der Waals surface area contributed by atoms with Crippen LogP contribution < -0.4 is 15.2 Å². The third-order valence-electron chi connectivity index (χ3n) is 4.08. The topological polar surface area (TPSA) is 44.5 Å². The van der Waals surface area contributed by atoms with Crippen LogP contribution in [0.1, 0.15) is 29.2 Å². The first kappa shape index (κ1) is 14.0. The van der Waals surface area contributed by atoms with Gasteiger partial charge < -0.3 is 15.2 Å². The van der Waals surface area contributed by atoms with Crippen LogP contribution in [0.3, 0.4) is 0 Å². The Balaban J connectivity index is 1.61. The molecule has 1 unspecified atom stereocenters. The molecule has 0 aliphatic heterocycles. The van der Waals surface area contributed by atoms with Gasteiger partial charge in [-0.1, -0.05) is 24.3 Å². The standard InChI is InChI=1S/C18H21NO2/c1-20-14-7-5-13(6-8-14)11-12-21-18-4-2-3-15-16(18)9-10-17(15)19/h2-8,17H,9-12,19H2,1H3. The van der Waals surface area contributed by atoms with E-state index >= 15 is 0 Å². The van der Waals surface area contributed by atoms with Crippen LogP contribution in [-0.4, -0.2) is 13.7 Å². The Morgan fingerprint density at radius 1 is 1.14 bits per heavy atom. The second-order valence-electron chi connectivity index (χ2n) is 5.42. The van der Waals surface area contributed by atoms with Crippen molar-refractivity contribution in [3.63, 3.8) is 0 Å². The summed E-state index contributed by atoms with van der Waals surface area (Å²) in [6, 6.07) is 14.5. The molecule has 2 aromatic carbocycles. The average Bonchev–Trinajstić information content (AvgIpc) is 2.91. The Hall–Kier alpha value is -2.00. The number of hydrogen-bond acceptors (Lipinski definition) is 3. The SMILES string of the molecule is COc1ccc(CCOc2cccc3c2CCC3N)cc1. The van der Waals surface area contributed by atoms with Crippen molar-refractivity contribution in [3.8, 4) is 11.5 Å². The van der Waals surface area contributed by atoms with Gasteiger partial charge in [0.1, 0.15) is 11.5 Å². The molecule has 1 aliphatic rings. The largest absolute Gasteiger partial charge is 0.497 e. The third kappa shape index (κ3) is 3.03. The maximum atomic E-state index is 6.09. The minimum atomic E-state index is 0.171. The van der Waals surface area contributed by atoms with Crippen molar-refractivity contribution in [2.24, 2.45) is 5.73 Å². The zero-order chi connectivity index (χ0) is 14.7. The number of ether oxygens (including phenoxy) is 2. The van der Waals surface area contributed by atoms with Crippen LogP contribution in [0.4, 0.5) is 0 Å². The summed E-state index contributed by atoms with van der Waals surface area (Å²) < 4.78 is 11.1. The highest BCUT2D eigenvalue weighted by Gasteiger charge is 2.21. The maximum Gasteiger partial charge on any atom is 0.122 e. The summed E-state index contributed by atoms with van der Waals surface area (Å²) in [4.78, 5) is 0. The molecule has 0 bridgehead atoms. The van der Waals surface area contributed by atoms with Gasteiger partial charge in [-0.15, -0.1) is 0 Å². The van der Waals surface area contributed by atoms with E-state index in [1.807, 2.05) is 24.3 Å². The zero-order valence-corrected chi connectivity index (χ0v) is 12.3. The van der Waals surface area contributed by atoms with E-state index in [2.05, 4.69) is 18.2 Å². The van der Waals surface area contributed by atoms with Crippen LogP contribution in [0, 0.1) is 0 Å². The summed E-state index contributed by atoms with van der Waals surface area (Å²) in [5.41, 5.74) is 9.88. The molecule has 0 heterocycles. The van der Waals surface area contributed by atoms with Gasteiger partial charge in [-0.2, -0.15) is 0 Å². The molecule has 0 aromatic heterocycles. The lowest BCUT2D eigenvalue weighted by atomic mass is 10.1. The van der Waals surface area contributed by atoms with Gasteiger partial charge in [-0.25, -0.2) is 0 Å². The first-order valence-electron chi connectivity index (χ1n) is 7.41. The van der Waals surface area contributed by atoms with E-state index < -0.39 is 0 Å². The smallest absolute Gasteiger partial charge is 0.122 e. The molecule has 0 spiro atoms. The van der Waals surface area contributed by atoms with Gasteiger partial charge in [-0.3, -0.25) is 0 Å². The molecule has 2 aromatic rings. The quantitative estimate of drug-likeness (QED) is 0.916. The van der Waals surface area contributed by atoms with Gasteiger partial charge in [0.15, 0.2) is 0 Å². The number of rotatable bonds is 5. The lowest BCUT2D eigenvalue weighted by Gasteiger charge is -2.12. The summed E-state index contributed by atoms with van der Waals surface area (Å²) >= 11 is 0. The third-order valence-corrected chi connectivity index (χ3v) is 4.08. The highest BCUT2D eigenvalue weighted by molar-refractivity contribution is 5.45. The molecule has 3 rings (SSSR count). The average molecular weight is 283 g/mol. The van der Waals surface area contributed by atoms with Crippen LogP contribution in [0.15, 0.2) is 42.5 Å². The van der Waals surface area contributed by atoms with Gasteiger partial charge in [0.2, 0.25) is 0 Å².